The molecule has 0 aromatic heterocycles. The maximum absolute atomic E-state index is 11.2. The Bertz CT molecular complexity index is 919. The lowest BCUT2D eigenvalue weighted by atomic mass is 10.2. The zero-order valence-corrected chi connectivity index (χ0v) is 16.6. The first-order chi connectivity index (χ1) is 13.4. The summed E-state index contributed by atoms with van der Waals surface area (Å²) >= 11 is 3.37. The Balaban J connectivity index is 2.33. The number of anilines is 1. The molecule has 0 radical (unpaired) electrons. The standard InChI is InChI=1S/C17H17BrN4O6/c1-3-6-28-17-11(7-12(18)8-16(17)27-2)10-19-20-14-5-4-13(21(23)24)9-15(14)22(25)26/h4-5,7-10,20H,3,6H2,1-2H3/b19-10+. The first kappa shape index (κ1) is 21.1. The Kier molecular flexibility index (Phi) is 7.27. The molecule has 0 bridgehead atoms. The maximum Gasteiger partial charge on any atom is 0.301 e. The van der Waals surface area contributed by atoms with Crippen LogP contribution in [-0.4, -0.2) is 29.8 Å². The van der Waals surface area contributed by atoms with Crippen LogP contribution in [0, 0.1) is 20.2 Å². The van der Waals surface area contributed by atoms with Crippen molar-refractivity contribution in [1.82, 2.24) is 0 Å². The average molecular weight is 453 g/mol. The monoisotopic (exact) mass is 452 g/mol. The Labute approximate surface area is 168 Å². The van der Waals surface area contributed by atoms with Gasteiger partial charge in [-0.1, -0.05) is 22.9 Å². The fraction of sp³-hybridized carbons (Fsp3) is 0.235. The molecule has 0 amide bonds. The van der Waals surface area contributed by atoms with E-state index in [2.05, 4.69) is 26.5 Å². The molecule has 28 heavy (non-hydrogen) atoms. The van der Waals surface area contributed by atoms with Gasteiger partial charge in [-0.15, -0.1) is 0 Å². The quantitative estimate of drug-likeness (QED) is 0.336. The summed E-state index contributed by atoms with van der Waals surface area (Å²) in [5.41, 5.74) is 2.30. The molecule has 0 atom stereocenters. The summed E-state index contributed by atoms with van der Waals surface area (Å²) < 4.78 is 11.8. The highest BCUT2D eigenvalue weighted by molar-refractivity contribution is 9.10. The zero-order chi connectivity index (χ0) is 20.7. The van der Waals surface area contributed by atoms with Crippen LogP contribution in [0.1, 0.15) is 18.9 Å². The Morgan fingerprint density at radius 2 is 1.96 bits per heavy atom. The minimum absolute atomic E-state index is 0.0184. The van der Waals surface area contributed by atoms with Crippen LogP contribution in [0.4, 0.5) is 17.1 Å². The van der Waals surface area contributed by atoms with Crippen molar-refractivity contribution in [2.75, 3.05) is 19.1 Å². The molecule has 0 spiro atoms. The lowest BCUT2D eigenvalue weighted by molar-refractivity contribution is -0.393. The fourth-order valence-corrected chi connectivity index (χ4v) is 2.70. The minimum atomic E-state index is -0.719. The fourth-order valence-electron chi connectivity index (χ4n) is 2.25. The lowest BCUT2D eigenvalue weighted by Crippen LogP contribution is -2.03. The van der Waals surface area contributed by atoms with E-state index in [0.29, 0.717) is 23.7 Å². The van der Waals surface area contributed by atoms with Crippen molar-refractivity contribution >= 4 is 39.2 Å². The van der Waals surface area contributed by atoms with Gasteiger partial charge in [0.1, 0.15) is 5.69 Å². The van der Waals surface area contributed by atoms with E-state index in [1.165, 1.54) is 19.4 Å². The number of halogens is 1. The number of non-ortho nitro benzene ring substituents is 1. The zero-order valence-electron chi connectivity index (χ0n) is 15.0. The van der Waals surface area contributed by atoms with E-state index in [9.17, 15) is 20.2 Å². The third-order valence-corrected chi connectivity index (χ3v) is 3.95. The number of ether oxygens (including phenoxy) is 2. The molecule has 2 aromatic carbocycles. The van der Waals surface area contributed by atoms with Gasteiger partial charge in [0, 0.05) is 16.1 Å². The van der Waals surface area contributed by atoms with Crippen LogP contribution < -0.4 is 14.9 Å². The van der Waals surface area contributed by atoms with Gasteiger partial charge < -0.3 is 9.47 Å². The van der Waals surface area contributed by atoms with Crippen LogP contribution in [0.25, 0.3) is 0 Å². The molecule has 148 valence electrons. The van der Waals surface area contributed by atoms with Gasteiger partial charge in [-0.25, -0.2) is 0 Å². The first-order valence-electron chi connectivity index (χ1n) is 8.09. The van der Waals surface area contributed by atoms with Gasteiger partial charge in [0.2, 0.25) is 0 Å². The van der Waals surface area contributed by atoms with Gasteiger partial charge in [0.15, 0.2) is 11.5 Å². The van der Waals surface area contributed by atoms with Crippen LogP contribution >= 0.6 is 15.9 Å². The third kappa shape index (κ3) is 5.16. The maximum atomic E-state index is 11.2. The highest BCUT2D eigenvalue weighted by Gasteiger charge is 2.19. The van der Waals surface area contributed by atoms with Crippen LogP contribution in [-0.2, 0) is 0 Å². The van der Waals surface area contributed by atoms with Gasteiger partial charge in [-0.05, 0) is 24.6 Å². The average Bonchev–Trinajstić information content (AvgIpc) is 2.66. The van der Waals surface area contributed by atoms with E-state index in [0.717, 1.165) is 23.0 Å². The third-order valence-electron chi connectivity index (χ3n) is 3.50. The number of hydrazone groups is 1. The molecule has 1 N–H and O–H groups in total. The second-order valence-electron chi connectivity index (χ2n) is 5.46. The number of nitrogens with one attached hydrogen (secondary N) is 1. The van der Waals surface area contributed by atoms with Crippen LogP contribution in [0.2, 0.25) is 0 Å². The number of rotatable bonds is 9. The number of nitro benzene ring substituents is 2. The molecule has 11 heteroatoms. The smallest absolute Gasteiger partial charge is 0.301 e. The van der Waals surface area contributed by atoms with E-state index in [-0.39, 0.29) is 11.4 Å². The lowest BCUT2D eigenvalue weighted by Gasteiger charge is -2.13. The molecule has 0 aliphatic rings. The molecule has 2 rings (SSSR count). The molecule has 0 saturated carbocycles. The van der Waals surface area contributed by atoms with Crippen molar-refractivity contribution < 1.29 is 19.3 Å². The number of methoxy groups -OCH3 is 1. The van der Waals surface area contributed by atoms with E-state index < -0.39 is 15.5 Å². The summed E-state index contributed by atoms with van der Waals surface area (Å²) in [6, 6.07) is 6.75. The first-order valence-corrected chi connectivity index (χ1v) is 8.88. The van der Waals surface area contributed by atoms with E-state index >= 15 is 0 Å². The number of hydrogen-bond donors (Lipinski definition) is 1. The molecule has 0 heterocycles. The van der Waals surface area contributed by atoms with E-state index in [1.54, 1.807) is 12.1 Å². The van der Waals surface area contributed by atoms with Crippen LogP contribution in [0.15, 0.2) is 39.9 Å². The van der Waals surface area contributed by atoms with Gasteiger partial charge >= 0.3 is 5.69 Å². The largest absolute Gasteiger partial charge is 0.493 e. The summed E-state index contributed by atoms with van der Waals surface area (Å²) in [6.07, 6.45) is 2.21. The number of hydrogen-bond acceptors (Lipinski definition) is 8. The number of benzene rings is 2. The predicted molar refractivity (Wildman–Crippen MR) is 107 cm³/mol. The minimum Gasteiger partial charge on any atom is -0.493 e. The SMILES string of the molecule is CCCOc1c(/C=N/Nc2ccc([N+](=O)[O-])cc2[N+](=O)[O-])cc(Br)cc1OC. The van der Waals surface area contributed by atoms with Crippen molar-refractivity contribution in [3.63, 3.8) is 0 Å². The second-order valence-corrected chi connectivity index (χ2v) is 6.38. The Morgan fingerprint density at radius 3 is 2.57 bits per heavy atom. The molecule has 0 unspecified atom stereocenters. The molecule has 0 aliphatic carbocycles. The van der Waals surface area contributed by atoms with E-state index in [1.807, 2.05) is 6.92 Å². The van der Waals surface area contributed by atoms with Gasteiger partial charge in [0.25, 0.3) is 5.69 Å². The summed E-state index contributed by atoms with van der Waals surface area (Å²) in [4.78, 5) is 20.6. The van der Waals surface area contributed by atoms with E-state index in [4.69, 9.17) is 9.47 Å². The highest BCUT2D eigenvalue weighted by atomic mass is 79.9. The summed E-state index contributed by atoms with van der Waals surface area (Å²) in [5.74, 6) is 0.988. The molecule has 0 fully saturated rings. The topological polar surface area (TPSA) is 129 Å². The Hall–Kier alpha value is -3.21. The van der Waals surface area contributed by atoms with Gasteiger partial charge in [-0.2, -0.15) is 5.10 Å². The summed E-state index contributed by atoms with van der Waals surface area (Å²) in [7, 11) is 1.51. The van der Waals surface area contributed by atoms with Crippen LogP contribution in [0.3, 0.4) is 0 Å². The van der Waals surface area contributed by atoms with Crippen molar-refractivity contribution in [3.05, 3.63) is 60.6 Å². The molecule has 2 aromatic rings. The van der Waals surface area contributed by atoms with Crippen molar-refractivity contribution in [3.8, 4) is 11.5 Å². The van der Waals surface area contributed by atoms with Crippen molar-refractivity contribution in [2.24, 2.45) is 5.10 Å². The van der Waals surface area contributed by atoms with Gasteiger partial charge in [-0.3, -0.25) is 25.7 Å². The van der Waals surface area contributed by atoms with Crippen molar-refractivity contribution in [1.29, 1.82) is 0 Å². The summed E-state index contributed by atoms with van der Waals surface area (Å²) in [6.45, 7) is 2.44. The number of nitrogens with zero attached hydrogens (tertiary/aromatic N) is 3. The molecular formula is C17H17BrN4O6. The highest BCUT2D eigenvalue weighted by Crippen LogP contribution is 2.34. The van der Waals surface area contributed by atoms with Crippen molar-refractivity contribution in [2.45, 2.75) is 13.3 Å². The van der Waals surface area contributed by atoms with Gasteiger partial charge in [0.05, 0.1) is 35.8 Å². The molecule has 0 aliphatic heterocycles. The summed E-state index contributed by atoms with van der Waals surface area (Å²) in [5, 5.41) is 26.0. The normalized spacial score (nSPS) is 10.7. The predicted octanol–water partition coefficient (Wildman–Crippen LogP) is 4.51. The second kappa shape index (κ2) is 9.65. The molecule has 0 saturated heterocycles. The Morgan fingerprint density at radius 1 is 1.21 bits per heavy atom. The molecular weight excluding hydrogens is 436 g/mol. The number of nitro groups is 2. The van der Waals surface area contributed by atoms with Crippen LogP contribution in [0.5, 0.6) is 11.5 Å². The molecule has 10 nitrogen and oxygen atoms in total.